The highest BCUT2D eigenvalue weighted by molar-refractivity contribution is 5.74. The van der Waals surface area contributed by atoms with Crippen LogP contribution in [-0.2, 0) is 16.0 Å². The molecule has 0 aliphatic rings. The molecule has 0 saturated carbocycles. The van der Waals surface area contributed by atoms with Crippen LogP contribution in [0.15, 0.2) is 24.3 Å². The Morgan fingerprint density at radius 2 is 2.20 bits per heavy atom. The molecule has 3 N–H and O–H groups in total. The summed E-state index contributed by atoms with van der Waals surface area (Å²) in [5, 5.41) is 0. The molecule has 0 saturated heterocycles. The summed E-state index contributed by atoms with van der Waals surface area (Å²) in [6, 6.07) is 5.80. The van der Waals surface area contributed by atoms with Crippen molar-refractivity contribution in [2.45, 2.75) is 19.4 Å². The van der Waals surface area contributed by atoms with E-state index in [0.29, 0.717) is 12.2 Å². The Bertz CT molecular complexity index is 341. The fraction of sp³-hybridized carbons (Fsp3) is 0.364. The minimum Gasteiger partial charge on any atom is -0.462 e. The Morgan fingerprint density at radius 1 is 1.53 bits per heavy atom. The number of hydrogen-bond donors (Lipinski definition) is 1. The summed E-state index contributed by atoms with van der Waals surface area (Å²) in [5.41, 5.74) is 4.14. The molecular weight excluding hydrogens is 197 g/mol. The third kappa shape index (κ3) is 3.32. The molecule has 0 aliphatic heterocycles. The minimum atomic E-state index is -0.554. The highest BCUT2D eigenvalue weighted by Gasteiger charge is 2.20. The maximum Gasteiger partial charge on any atom is 0.365 e. The summed E-state index contributed by atoms with van der Waals surface area (Å²) in [6.45, 7) is 2.05. The molecule has 0 heterocycles. The van der Waals surface area contributed by atoms with E-state index >= 15 is 0 Å². The van der Waals surface area contributed by atoms with Gasteiger partial charge in [0, 0.05) is 6.42 Å². The number of halogens is 1. The van der Waals surface area contributed by atoms with Gasteiger partial charge in [0.25, 0.3) is 0 Å². The monoisotopic (exact) mass is 212 g/mol. The number of carbonyl (C=O) groups is 1. The van der Waals surface area contributed by atoms with Crippen LogP contribution in [0.25, 0.3) is 0 Å². The molecule has 15 heavy (non-hydrogen) atoms. The van der Waals surface area contributed by atoms with Crippen molar-refractivity contribution >= 4 is 5.97 Å². The molecule has 0 aromatic heterocycles. The van der Waals surface area contributed by atoms with Crippen LogP contribution in [0.5, 0.6) is 0 Å². The van der Waals surface area contributed by atoms with E-state index in [1.165, 1.54) is 6.07 Å². The van der Waals surface area contributed by atoms with Crippen LogP contribution in [0.1, 0.15) is 12.5 Å². The van der Waals surface area contributed by atoms with Gasteiger partial charge in [-0.15, -0.1) is 0 Å². The standard InChI is InChI=1S/C11H14FNO2/c1-2-15-11(14)10(13)7-8-5-3-4-6-9(8)12/h3-6,10H,2,7,13H2,1H3/p+1/t10-/m1/s1. The molecule has 0 unspecified atom stereocenters. The predicted molar refractivity (Wildman–Crippen MR) is 53.4 cm³/mol. The molecule has 82 valence electrons. The quantitative estimate of drug-likeness (QED) is 0.741. The van der Waals surface area contributed by atoms with E-state index in [1.807, 2.05) is 0 Å². The zero-order chi connectivity index (χ0) is 11.3. The van der Waals surface area contributed by atoms with E-state index in [-0.39, 0.29) is 18.2 Å². The average Bonchev–Trinajstić information content (AvgIpc) is 2.21. The van der Waals surface area contributed by atoms with Crippen LogP contribution in [0.3, 0.4) is 0 Å². The van der Waals surface area contributed by atoms with E-state index in [2.05, 4.69) is 5.73 Å². The summed E-state index contributed by atoms with van der Waals surface area (Å²) in [7, 11) is 0. The molecule has 1 aromatic rings. The van der Waals surface area contributed by atoms with Crippen molar-refractivity contribution in [3.8, 4) is 0 Å². The van der Waals surface area contributed by atoms with Gasteiger partial charge in [-0.05, 0) is 18.6 Å². The lowest BCUT2D eigenvalue weighted by molar-refractivity contribution is -0.407. The van der Waals surface area contributed by atoms with Crippen LogP contribution in [0.4, 0.5) is 4.39 Å². The van der Waals surface area contributed by atoms with Crippen LogP contribution < -0.4 is 5.73 Å². The fourth-order valence-corrected chi connectivity index (χ4v) is 1.27. The Hall–Kier alpha value is -1.42. The highest BCUT2D eigenvalue weighted by Crippen LogP contribution is 2.08. The number of ether oxygens (including phenoxy) is 1. The smallest absolute Gasteiger partial charge is 0.365 e. The first-order valence-corrected chi connectivity index (χ1v) is 4.88. The van der Waals surface area contributed by atoms with Gasteiger partial charge in [-0.25, -0.2) is 9.18 Å². The van der Waals surface area contributed by atoms with Crippen molar-refractivity contribution in [1.82, 2.24) is 0 Å². The number of quaternary nitrogens is 1. The van der Waals surface area contributed by atoms with Crippen molar-refractivity contribution < 1.29 is 19.7 Å². The van der Waals surface area contributed by atoms with E-state index in [0.717, 1.165) is 0 Å². The Balaban J connectivity index is 2.62. The van der Waals surface area contributed by atoms with Crippen LogP contribution in [0, 0.1) is 5.82 Å². The molecule has 3 nitrogen and oxygen atoms in total. The maximum atomic E-state index is 13.2. The Labute approximate surface area is 88.0 Å². The van der Waals surface area contributed by atoms with Crippen molar-refractivity contribution in [3.05, 3.63) is 35.6 Å². The zero-order valence-electron chi connectivity index (χ0n) is 8.70. The summed E-state index contributed by atoms with van der Waals surface area (Å²) in [5.74, 6) is -0.698. The summed E-state index contributed by atoms with van der Waals surface area (Å²) in [4.78, 5) is 11.3. The molecule has 0 bridgehead atoms. The molecule has 0 radical (unpaired) electrons. The van der Waals surface area contributed by atoms with Crippen molar-refractivity contribution in [2.24, 2.45) is 0 Å². The van der Waals surface area contributed by atoms with Gasteiger partial charge in [-0.3, -0.25) is 0 Å². The number of carbonyl (C=O) groups excluding carboxylic acids is 1. The lowest BCUT2D eigenvalue weighted by atomic mass is 10.1. The normalized spacial score (nSPS) is 12.2. The Kier molecular flexibility index (Phi) is 4.24. The highest BCUT2D eigenvalue weighted by atomic mass is 19.1. The average molecular weight is 212 g/mol. The molecule has 1 rings (SSSR count). The van der Waals surface area contributed by atoms with Crippen molar-refractivity contribution in [1.29, 1.82) is 0 Å². The topological polar surface area (TPSA) is 53.9 Å². The van der Waals surface area contributed by atoms with E-state index in [4.69, 9.17) is 4.74 Å². The predicted octanol–water partition coefficient (Wildman–Crippen LogP) is 0.542. The molecule has 0 amide bonds. The largest absolute Gasteiger partial charge is 0.462 e. The fourth-order valence-electron chi connectivity index (χ4n) is 1.27. The second-order valence-electron chi connectivity index (χ2n) is 3.24. The number of esters is 1. The molecular formula is C11H15FNO2+. The lowest BCUT2D eigenvalue weighted by Gasteiger charge is -2.08. The first kappa shape index (κ1) is 11.7. The molecule has 1 aromatic carbocycles. The first-order valence-electron chi connectivity index (χ1n) is 4.88. The van der Waals surface area contributed by atoms with E-state index < -0.39 is 6.04 Å². The van der Waals surface area contributed by atoms with Gasteiger partial charge in [-0.1, -0.05) is 18.2 Å². The summed E-state index contributed by atoms with van der Waals surface area (Å²) in [6.07, 6.45) is 0.269. The van der Waals surface area contributed by atoms with E-state index in [1.54, 1.807) is 25.1 Å². The third-order valence-electron chi connectivity index (χ3n) is 2.04. The van der Waals surface area contributed by atoms with Crippen LogP contribution in [-0.4, -0.2) is 18.6 Å². The summed E-state index contributed by atoms with van der Waals surface area (Å²) >= 11 is 0. The molecule has 0 fully saturated rings. The van der Waals surface area contributed by atoms with E-state index in [9.17, 15) is 9.18 Å². The van der Waals surface area contributed by atoms with Gasteiger partial charge in [0.05, 0.1) is 6.61 Å². The molecule has 4 heteroatoms. The number of hydrogen-bond acceptors (Lipinski definition) is 2. The molecule has 0 spiro atoms. The lowest BCUT2D eigenvalue weighted by Crippen LogP contribution is -2.66. The van der Waals surface area contributed by atoms with Gasteiger partial charge in [0.1, 0.15) is 5.82 Å². The van der Waals surface area contributed by atoms with Crippen molar-refractivity contribution in [3.63, 3.8) is 0 Å². The van der Waals surface area contributed by atoms with Gasteiger partial charge >= 0.3 is 5.97 Å². The minimum absolute atomic E-state index is 0.269. The maximum absolute atomic E-state index is 13.2. The summed E-state index contributed by atoms with van der Waals surface area (Å²) < 4.78 is 18.0. The first-order chi connectivity index (χ1) is 7.15. The van der Waals surface area contributed by atoms with Crippen molar-refractivity contribution in [2.75, 3.05) is 6.61 Å². The second kappa shape index (κ2) is 5.46. The van der Waals surface area contributed by atoms with Crippen LogP contribution in [0.2, 0.25) is 0 Å². The number of rotatable bonds is 4. The third-order valence-corrected chi connectivity index (χ3v) is 2.04. The molecule has 1 atom stereocenters. The van der Waals surface area contributed by atoms with Gasteiger partial charge in [-0.2, -0.15) is 0 Å². The number of benzene rings is 1. The van der Waals surface area contributed by atoms with Gasteiger partial charge < -0.3 is 10.5 Å². The zero-order valence-corrected chi connectivity index (χ0v) is 8.70. The van der Waals surface area contributed by atoms with Gasteiger partial charge in [0.15, 0.2) is 6.04 Å². The Morgan fingerprint density at radius 3 is 2.80 bits per heavy atom. The second-order valence-corrected chi connectivity index (χ2v) is 3.24. The SMILES string of the molecule is CCOC(=O)[C@H]([NH3+])Cc1ccccc1F. The van der Waals surface area contributed by atoms with Crippen LogP contribution >= 0.6 is 0 Å². The molecule has 0 aliphatic carbocycles. The van der Waals surface area contributed by atoms with Gasteiger partial charge in [0.2, 0.25) is 0 Å².